The summed E-state index contributed by atoms with van der Waals surface area (Å²) in [4.78, 5) is 23.1. The van der Waals surface area contributed by atoms with Crippen LogP contribution < -0.4 is 9.64 Å². The summed E-state index contributed by atoms with van der Waals surface area (Å²) in [5.41, 5.74) is 4.46. The molecule has 0 spiro atoms. The fourth-order valence-electron chi connectivity index (χ4n) is 3.84. The van der Waals surface area contributed by atoms with Crippen molar-refractivity contribution in [2.45, 2.75) is 66.9 Å². The first kappa shape index (κ1) is 23.0. The van der Waals surface area contributed by atoms with Gasteiger partial charge in [0.25, 0.3) is 0 Å². The molecule has 0 unspecified atom stereocenters. The standard InChI is InChI=1S/C25H35N3O3/c1-16(2)18(4)31-19-7-8-22(27-14-19)21-15-26-17(3)20(13-23(29)30)24(21)28-11-9-25(5,6)10-12-28/h7-8,14-16,18H,9-13H2,1-6H3,(H,29,30)/t18-/m0/s1. The van der Waals surface area contributed by atoms with Crippen molar-refractivity contribution in [3.8, 4) is 17.0 Å². The average Bonchev–Trinajstić information content (AvgIpc) is 2.70. The van der Waals surface area contributed by atoms with Gasteiger partial charge in [-0.05, 0) is 50.2 Å². The molecule has 2 aromatic rings. The summed E-state index contributed by atoms with van der Waals surface area (Å²) in [5.74, 6) is 0.298. The summed E-state index contributed by atoms with van der Waals surface area (Å²) in [6.45, 7) is 14.6. The number of carbonyl (C=O) groups is 1. The van der Waals surface area contributed by atoms with Crippen molar-refractivity contribution in [2.75, 3.05) is 18.0 Å². The van der Waals surface area contributed by atoms with Gasteiger partial charge >= 0.3 is 5.97 Å². The monoisotopic (exact) mass is 425 g/mol. The van der Waals surface area contributed by atoms with Crippen LogP contribution in [0.15, 0.2) is 24.5 Å². The smallest absolute Gasteiger partial charge is 0.307 e. The lowest BCUT2D eigenvalue weighted by atomic mass is 9.82. The molecular weight excluding hydrogens is 390 g/mol. The molecule has 1 saturated heterocycles. The van der Waals surface area contributed by atoms with E-state index in [1.54, 1.807) is 6.20 Å². The van der Waals surface area contributed by atoms with Gasteiger partial charge in [-0.2, -0.15) is 0 Å². The molecule has 1 N–H and O–H groups in total. The molecule has 0 saturated carbocycles. The summed E-state index contributed by atoms with van der Waals surface area (Å²) < 4.78 is 5.97. The minimum absolute atomic E-state index is 0.0466. The number of carboxylic acids is 1. The SMILES string of the molecule is Cc1ncc(-c2ccc(O[C@@H](C)C(C)C)cn2)c(N2CCC(C)(C)CC2)c1CC(=O)O. The van der Waals surface area contributed by atoms with Crippen LogP contribution in [-0.4, -0.2) is 40.2 Å². The number of hydrogen-bond acceptors (Lipinski definition) is 5. The molecule has 0 bridgehead atoms. The van der Waals surface area contributed by atoms with Crippen LogP contribution in [0.4, 0.5) is 5.69 Å². The highest BCUT2D eigenvalue weighted by Gasteiger charge is 2.29. The zero-order chi connectivity index (χ0) is 22.8. The van der Waals surface area contributed by atoms with E-state index in [0.717, 1.165) is 59.9 Å². The second-order valence-electron chi connectivity index (χ2n) is 9.75. The van der Waals surface area contributed by atoms with Crippen LogP contribution in [0, 0.1) is 18.3 Å². The number of nitrogens with zero attached hydrogens (tertiary/aromatic N) is 3. The Kier molecular flexibility index (Phi) is 6.87. The van der Waals surface area contributed by atoms with E-state index in [0.29, 0.717) is 11.3 Å². The van der Waals surface area contributed by atoms with E-state index in [2.05, 4.69) is 49.5 Å². The Hall–Kier alpha value is -2.63. The molecule has 6 heteroatoms. The summed E-state index contributed by atoms with van der Waals surface area (Å²) in [6.07, 6.45) is 5.75. The first-order valence-electron chi connectivity index (χ1n) is 11.2. The van der Waals surface area contributed by atoms with Crippen LogP contribution in [0.2, 0.25) is 0 Å². The van der Waals surface area contributed by atoms with Gasteiger partial charge in [0.2, 0.25) is 0 Å². The van der Waals surface area contributed by atoms with Gasteiger partial charge in [0.05, 0.1) is 30.1 Å². The Bertz CT molecular complexity index is 912. The lowest BCUT2D eigenvalue weighted by Gasteiger charge is -2.40. The van der Waals surface area contributed by atoms with Gasteiger partial charge in [0, 0.05) is 36.1 Å². The molecule has 6 nitrogen and oxygen atoms in total. The van der Waals surface area contributed by atoms with E-state index in [9.17, 15) is 9.90 Å². The molecule has 168 valence electrons. The van der Waals surface area contributed by atoms with Crippen LogP contribution in [0.1, 0.15) is 58.7 Å². The largest absolute Gasteiger partial charge is 0.489 e. The Morgan fingerprint density at radius 3 is 2.39 bits per heavy atom. The molecule has 31 heavy (non-hydrogen) atoms. The molecule has 3 heterocycles. The molecule has 0 aliphatic carbocycles. The van der Waals surface area contributed by atoms with Crippen molar-refractivity contribution in [3.05, 3.63) is 35.8 Å². The second-order valence-corrected chi connectivity index (χ2v) is 9.75. The molecule has 0 amide bonds. The molecule has 1 aliphatic heterocycles. The third kappa shape index (κ3) is 5.54. The predicted octanol–water partition coefficient (Wildman–Crippen LogP) is 5.13. The minimum Gasteiger partial charge on any atom is -0.489 e. The maximum Gasteiger partial charge on any atom is 0.307 e. The fourth-order valence-corrected chi connectivity index (χ4v) is 3.84. The number of anilines is 1. The van der Waals surface area contributed by atoms with Gasteiger partial charge in [0.15, 0.2) is 0 Å². The Labute approximate surface area is 185 Å². The number of ether oxygens (including phenoxy) is 1. The van der Waals surface area contributed by atoms with Crippen molar-refractivity contribution in [3.63, 3.8) is 0 Å². The van der Waals surface area contributed by atoms with Crippen LogP contribution in [0.25, 0.3) is 11.3 Å². The third-order valence-electron chi connectivity index (χ3n) is 6.40. The number of carboxylic acid groups (broad SMARTS) is 1. The maximum atomic E-state index is 11.6. The molecular formula is C25H35N3O3. The molecule has 1 fully saturated rings. The Balaban J connectivity index is 2.00. The molecule has 1 aliphatic rings. The lowest BCUT2D eigenvalue weighted by Crippen LogP contribution is -2.38. The fraction of sp³-hybridized carbons (Fsp3) is 0.560. The van der Waals surface area contributed by atoms with Crippen molar-refractivity contribution in [1.29, 1.82) is 0 Å². The number of aliphatic carboxylic acids is 1. The summed E-state index contributed by atoms with van der Waals surface area (Å²) in [7, 11) is 0. The molecule has 3 rings (SSSR count). The molecule has 1 atom stereocenters. The normalized spacial score (nSPS) is 16.9. The summed E-state index contributed by atoms with van der Waals surface area (Å²) in [5, 5.41) is 9.55. The number of hydrogen-bond donors (Lipinski definition) is 1. The van der Waals surface area contributed by atoms with E-state index >= 15 is 0 Å². The topological polar surface area (TPSA) is 75.6 Å². The highest BCUT2D eigenvalue weighted by molar-refractivity contribution is 5.83. The van der Waals surface area contributed by atoms with Gasteiger partial charge in [-0.1, -0.05) is 27.7 Å². The highest BCUT2D eigenvalue weighted by atomic mass is 16.5. The quantitative estimate of drug-likeness (QED) is 0.663. The predicted molar refractivity (Wildman–Crippen MR) is 124 cm³/mol. The van der Waals surface area contributed by atoms with Gasteiger partial charge in [-0.15, -0.1) is 0 Å². The Morgan fingerprint density at radius 2 is 1.84 bits per heavy atom. The summed E-state index contributed by atoms with van der Waals surface area (Å²) in [6, 6.07) is 3.87. The van der Waals surface area contributed by atoms with Gasteiger partial charge in [-0.3, -0.25) is 14.8 Å². The number of piperidine rings is 1. The molecule has 2 aromatic heterocycles. The van der Waals surface area contributed by atoms with Crippen LogP contribution in [0.5, 0.6) is 5.75 Å². The molecule has 0 radical (unpaired) electrons. The second kappa shape index (κ2) is 9.25. The lowest BCUT2D eigenvalue weighted by molar-refractivity contribution is -0.136. The number of aryl methyl sites for hydroxylation is 1. The van der Waals surface area contributed by atoms with E-state index in [1.165, 1.54) is 0 Å². The van der Waals surface area contributed by atoms with Crippen molar-refractivity contribution in [1.82, 2.24) is 9.97 Å². The number of rotatable bonds is 7. The van der Waals surface area contributed by atoms with E-state index in [4.69, 9.17) is 4.74 Å². The zero-order valence-corrected chi connectivity index (χ0v) is 19.6. The van der Waals surface area contributed by atoms with E-state index in [1.807, 2.05) is 25.3 Å². The molecule has 0 aromatic carbocycles. The van der Waals surface area contributed by atoms with Gasteiger partial charge in [0.1, 0.15) is 5.75 Å². The van der Waals surface area contributed by atoms with Crippen LogP contribution >= 0.6 is 0 Å². The zero-order valence-electron chi connectivity index (χ0n) is 19.6. The third-order valence-corrected chi connectivity index (χ3v) is 6.40. The average molecular weight is 426 g/mol. The van der Waals surface area contributed by atoms with Gasteiger partial charge in [-0.25, -0.2) is 0 Å². The minimum atomic E-state index is -0.847. The van der Waals surface area contributed by atoms with Crippen LogP contribution in [0.3, 0.4) is 0 Å². The first-order valence-corrected chi connectivity index (χ1v) is 11.2. The van der Waals surface area contributed by atoms with E-state index < -0.39 is 5.97 Å². The number of pyridine rings is 2. The summed E-state index contributed by atoms with van der Waals surface area (Å²) >= 11 is 0. The van der Waals surface area contributed by atoms with E-state index in [-0.39, 0.29) is 12.5 Å². The number of aromatic nitrogens is 2. The Morgan fingerprint density at radius 1 is 1.16 bits per heavy atom. The van der Waals surface area contributed by atoms with Crippen molar-refractivity contribution in [2.24, 2.45) is 11.3 Å². The first-order chi connectivity index (χ1) is 14.6. The van der Waals surface area contributed by atoms with Gasteiger partial charge < -0.3 is 14.7 Å². The van der Waals surface area contributed by atoms with Crippen molar-refractivity contribution >= 4 is 11.7 Å². The van der Waals surface area contributed by atoms with Crippen molar-refractivity contribution < 1.29 is 14.6 Å². The highest BCUT2D eigenvalue weighted by Crippen LogP contribution is 2.39. The van der Waals surface area contributed by atoms with Crippen LogP contribution in [-0.2, 0) is 11.2 Å². The maximum absolute atomic E-state index is 11.6.